The third-order valence-electron chi connectivity index (χ3n) is 4.12. The van der Waals surface area contributed by atoms with E-state index in [0.29, 0.717) is 12.8 Å². The quantitative estimate of drug-likeness (QED) is 0.755. The lowest BCUT2D eigenvalue weighted by Crippen LogP contribution is -2.59. The highest BCUT2D eigenvalue weighted by Gasteiger charge is 2.44. The minimum absolute atomic E-state index is 0.158. The van der Waals surface area contributed by atoms with Crippen molar-refractivity contribution in [3.63, 3.8) is 0 Å². The zero-order chi connectivity index (χ0) is 12.8. The van der Waals surface area contributed by atoms with Crippen LogP contribution in [0.5, 0.6) is 0 Å². The molecule has 2 amide bonds. The van der Waals surface area contributed by atoms with Crippen LogP contribution in [0.3, 0.4) is 0 Å². The minimum atomic E-state index is -0.563. The standard InChI is InChI=1S/C14H16N2O2/c1-14(7-6-12(17)15-13(14)18)16-8-10-4-2-3-5-11(10)9-16/h2-5H,6-9H2,1H3,(H,15,17,18)/t14-/m1/s1. The molecule has 1 fully saturated rings. The van der Waals surface area contributed by atoms with Crippen molar-refractivity contribution in [3.8, 4) is 0 Å². The number of rotatable bonds is 1. The highest BCUT2D eigenvalue weighted by atomic mass is 16.2. The number of piperidine rings is 1. The van der Waals surface area contributed by atoms with Crippen LogP contribution >= 0.6 is 0 Å². The molecule has 1 saturated heterocycles. The lowest BCUT2D eigenvalue weighted by molar-refractivity contribution is -0.143. The third-order valence-corrected chi connectivity index (χ3v) is 4.12. The molecule has 0 bridgehead atoms. The average Bonchev–Trinajstić information content (AvgIpc) is 2.78. The summed E-state index contributed by atoms with van der Waals surface area (Å²) in [5, 5.41) is 2.45. The van der Waals surface area contributed by atoms with E-state index >= 15 is 0 Å². The second-order valence-electron chi connectivity index (χ2n) is 5.28. The minimum Gasteiger partial charge on any atom is -0.295 e. The number of fused-ring (bicyclic) bond motifs is 1. The van der Waals surface area contributed by atoms with Crippen molar-refractivity contribution < 1.29 is 9.59 Å². The Bertz CT molecular complexity index is 501. The molecule has 0 aliphatic carbocycles. The molecule has 1 aromatic carbocycles. The molecule has 2 aliphatic rings. The van der Waals surface area contributed by atoms with Gasteiger partial charge in [-0.15, -0.1) is 0 Å². The van der Waals surface area contributed by atoms with Crippen LogP contribution in [0.4, 0.5) is 0 Å². The van der Waals surface area contributed by atoms with Gasteiger partial charge in [0.05, 0.1) is 5.54 Å². The van der Waals surface area contributed by atoms with Gasteiger partial charge in [0.2, 0.25) is 11.8 Å². The molecule has 1 atom stereocenters. The van der Waals surface area contributed by atoms with E-state index in [4.69, 9.17) is 0 Å². The Kier molecular flexibility index (Phi) is 2.48. The molecule has 0 spiro atoms. The van der Waals surface area contributed by atoms with Crippen molar-refractivity contribution in [1.82, 2.24) is 10.2 Å². The van der Waals surface area contributed by atoms with E-state index in [9.17, 15) is 9.59 Å². The summed E-state index contributed by atoms with van der Waals surface area (Å²) >= 11 is 0. The summed E-state index contributed by atoms with van der Waals surface area (Å²) < 4.78 is 0. The fourth-order valence-electron chi connectivity index (χ4n) is 2.78. The van der Waals surface area contributed by atoms with Gasteiger partial charge in [0.1, 0.15) is 0 Å². The van der Waals surface area contributed by atoms with Gasteiger partial charge in [-0.25, -0.2) is 0 Å². The third kappa shape index (κ3) is 1.64. The lowest BCUT2D eigenvalue weighted by atomic mass is 9.89. The summed E-state index contributed by atoms with van der Waals surface area (Å²) in [7, 11) is 0. The molecule has 1 aromatic rings. The zero-order valence-electron chi connectivity index (χ0n) is 10.4. The molecule has 1 N–H and O–H groups in total. The number of nitrogens with one attached hydrogen (secondary N) is 1. The summed E-state index contributed by atoms with van der Waals surface area (Å²) in [6, 6.07) is 8.25. The van der Waals surface area contributed by atoms with Crippen LogP contribution in [-0.4, -0.2) is 22.3 Å². The predicted octanol–water partition coefficient (Wildman–Crippen LogP) is 1.20. The van der Waals surface area contributed by atoms with Gasteiger partial charge >= 0.3 is 0 Å². The molecule has 18 heavy (non-hydrogen) atoms. The van der Waals surface area contributed by atoms with E-state index in [1.165, 1.54) is 11.1 Å². The van der Waals surface area contributed by atoms with Crippen molar-refractivity contribution in [2.45, 2.75) is 38.4 Å². The van der Waals surface area contributed by atoms with Crippen LogP contribution in [0.25, 0.3) is 0 Å². The smallest absolute Gasteiger partial charge is 0.246 e. The fraction of sp³-hybridized carbons (Fsp3) is 0.429. The summed E-state index contributed by atoms with van der Waals surface area (Å²) in [5.74, 6) is -0.319. The maximum atomic E-state index is 12.1. The molecule has 3 rings (SSSR count). The number of hydrogen-bond donors (Lipinski definition) is 1. The first-order valence-corrected chi connectivity index (χ1v) is 6.26. The van der Waals surface area contributed by atoms with E-state index in [2.05, 4.69) is 22.3 Å². The molecule has 0 radical (unpaired) electrons. The van der Waals surface area contributed by atoms with Gasteiger partial charge in [-0.1, -0.05) is 24.3 Å². The van der Waals surface area contributed by atoms with E-state index in [-0.39, 0.29) is 11.8 Å². The van der Waals surface area contributed by atoms with Gasteiger partial charge in [0.25, 0.3) is 0 Å². The van der Waals surface area contributed by atoms with E-state index in [1.54, 1.807) is 0 Å². The molecule has 0 saturated carbocycles. The Morgan fingerprint density at radius 2 is 1.78 bits per heavy atom. The molecular formula is C14H16N2O2. The molecule has 0 aromatic heterocycles. The van der Waals surface area contributed by atoms with E-state index in [1.807, 2.05) is 19.1 Å². The molecule has 4 heteroatoms. The molecule has 2 aliphatic heterocycles. The predicted molar refractivity (Wildman–Crippen MR) is 66.5 cm³/mol. The number of carbonyl (C=O) groups excluding carboxylic acids is 2. The second-order valence-corrected chi connectivity index (χ2v) is 5.28. The molecular weight excluding hydrogens is 228 g/mol. The maximum Gasteiger partial charge on any atom is 0.246 e. The van der Waals surface area contributed by atoms with E-state index < -0.39 is 5.54 Å². The number of nitrogens with zero attached hydrogens (tertiary/aromatic N) is 1. The fourth-order valence-corrected chi connectivity index (χ4v) is 2.78. The Morgan fingerprint density at radius 1 is 1.17 bits per heavy atom. The van der Waals surface area contributed by atoms with Crippen LogP contribution in [0.15, 0.2) is 24.3 Å². The first-order chi connectivity index (χ1) is 8.59. The van der Waals surface area contributed by atoms with Gasteiger partial charge in [0, 0.05) is 19.5 Å². The summed E-state index contributed by atoms with van der Waals surface area (Å²) in [4.78, 5) is 25.5. The molecule has 4 nitrogen and oxygen atoms in total. The van der Waals surface area contributed by atoms with Gasteiger partial charge < -0.3 is 0 Å². The highest BCUT2D eigenvalue weighted by molar-refractivity contribution is 6.02. The van der Waals surface area contributed by atoms with Crippen LogP contribution in [0.1, 0.15) is 30.9 Å². The SMILES string of the molecule is C[C@@]1(N2Cc3ccccc3C2)CCC(=O)NC1=O. The highest BCUT2D eigenvalue weighted by Crippen LogP contribution is 2.33. The van der Waals surface area contributed by atoms with Gasteiger partial charge in [-0.05, 0) is 24.5 Å². The van der Waals surface area contributed by atoms with Crippen LogP contribution in [0, 0.1) is 0 Å². The molecule has 94 valence electrons. The average molecular weight is 244 g/mol. The van der Waals surface area contributed by atoms with Crippen molar-refractivity contribution >= 4 is 11.8 Å². The number of amides is 2. The summed E-state index contributed by atoms with van der Waals surface area (Å²) in [6.45, 7) is 3.50. The van der Waals surface area contributed by atoms with Gasteiger partial charge in [-0.3, -0.25) is 19.8 Å². The molecule has 0 unspecified atom stereocenters. The first-order valence-electron chi connectivity index (χ1n) is 6.26. The Morgan fingerprint density at radius 3 is 2.33 bits per heavy atom. The Balaban J connectivity index is 1.85. The van der Waals surface area contributed by atoms with Gasteiger partial charge in [0.15, 0.2) is 0 Å². The number of carbonyl (C=O) groups is 2. The first kappa shape index (κ1) is 11.4. The normalized spacial score (nSPS) is 28.1. The van der Waals surface area contributed by atoms with Gasteiger partial charge in [-0.2, -0.15) is 0 Å². The summed E-state index contributed by atoms with van der Waals surface area (Å²) in [5.41, 5.74) is 2.00. The van der Waals surface area contributed by atoms with Crippen molar-refractivity contribution in [1.29, 1.82) is 0 Å². The van der Waals surface area contributed by atoms with Crippen molar-refractivity contribution in [2.24, 2.45) is 0 Å². The largest absolute Gasteiger partial charge is 0.295 e. The topological polar surface area (TPSA) is 49.4 Å². The Hall–Kier alpha value is -1.68. The van der Waals surface area contributed by atoms with Crippen LogP contribution in [0.2, 0.25) is 0 Å². The summed E-state index contributed by atoms with van der Waals surface area (Å²) in [6.07, 6.45) is 1.03. The second kappa shape index (κ2) is 3.92. The van der Waals surface area contributed by atoms with Crippen molar-refractivity contribution in [2.75, 3.05) is 0 Å². The lowest BCUT2D eigenvalue weighted by Gasteiger charge is -2.39. The zero-order valence-corrected chi connectivity index (χ0v) is 10.4. The number of imide groups is 1. The number of benzene rings is 1. The Labute approximate surface area is 106 Å². The monoisotopic (exact) mass is 244 g/mol. The van der Waals surface area contributed by atoms with Crippen molar-refractivity contribution in [3.05, 3.63) is 35.4 Å². The number of hydrogen-bond acceptors (Lipinski definition) is 3. The van der Waals surface area contributed by atoms with E-state index in [0.717, 1.165) is 13.1 Å². The van der Waals surface area contributed by atoms with Crippen LogP contribution in [-0.2, 0) is 22.7 Å². The molecule has 2 heterocycles. The maximum absolute atomic E-state index is 12.1. The van der Waals surface area contributed by atoms with Crippen LogP contribution < -0.4 is 5.32 Å².